The van der Waals surface area contributed by atoms with Crippen LogP contribution in [0.1, 0.15) is 19.2 Å². The van der Waals surface area contributed by atoms with Gasteiger partial charge in [0.15, 0.2) is 5.65 Å². The van der Waals surface area contributed by atoms with E-state index in [0.717, 1.165) is 4.40 Å². The topological polar surface area (TPSA) is 63.3 Å². The highest BCUT2D eigenvalue weighted by atomic mass is 32.2. The van der Waals surface area contributed by atoms with E-state index >= 15 is 0 Å². The van der Waals surface area contributed by atoms with Crippen LogP contribution in [0, 0.1) is 0 Å². The van der Waals surface area contributed by atoms with E-state index in [2.05, 4.69) is 15.2 Å². The van der Waals surface area contributed by atoms with E-state index in [1.807, 2.05) is 6.92 Å². The van der Waals surface area contributed by atoms with Crippen LogP contribution in [0.4, 0.5) is 13.2 Å². The predicted molar refractivity (Wildman–Crippen MR) is 80.3 cm³/mol. The molecule has 0 aliphatic carbocycles. The van der Waals surface area contributed by atoms with Gasteiger partial charge < -0.3 is 5.11 Å². The Morgan fingerprint density at radius 2 is 2.00 bits per heavy atom. The molecule has 2 heterocycles. The maximum absolute atomic E-state index is 13.2. The highest BCUT2D eigenvalue weighted by Gasteiger charge is 2.38. The second kappa shape index (κ2) is 5.97. The van der Waals surface area contributed by atoms with Gasteiger partial charge in [-0.3, -0.25) is 4.40 Å². The number of halogens is 3. The molecule has 2 aromatic heterocycles. The summed E-state index contributed by atoms with van der Waals surface area (Å²) >= 11 is 1.21. The Kier molecular flexibility index (Phi) is 4.15. The third-order valence-corrected chi connectivity index (χ3v) is 4.70. The number of hydrogen-bond donors (Lipinski definition) is 1. The van der Waals surface area contributed by atoms with Gasteiger partial charge in [0.25, 0.3) is 0 Å². The van der Waals surface area contributed by atoms with Crippen LogP contribution in [0.5, 0.6) is 0 Å². The minimum Gasteiger partial charge on any atom is -0.395 e. The minimum atomic E-state index is -4.62. The zero-order valence-electron chi connectivity index (χ0n) is 12.1. The molecule has 0 saturated carbocycles. The van der Waals surface area contributed by atoms with E-state index in [4.69, 9.17) is 0 Å². The Hall–Kier alpha value is -1.87. The van der Waals surface area contributed by atoms with Crippen molar-refractivity contribution in [3.63, 3.8) is 0 Å². The molecular weight excluding hydrogens is 329 g/mol. The van der Waals surface area contributed by atoms with Gasteiger partial charge in [-0.1, -0.05) is 30.8 Å². The van der Waals surface area contributed by atoms with Crippen molar-refractivity contribution in [3.8, 4) is 0 Å². The molecule has 122 valence electrons. The van der Waals surface area contributed by atoms with Crippen LogP contribution >= 0.6 is 11.8 Å². The summed E-state index contributed by atoms with van der Waals surface area (Å²) in [5.41, 5.74) is 0.759. The molecule has 5 nitrogen and oxygen atoms in total. The first-order chi connectivity index (χ1) is 11.0. The number of alkyl halides is 3. The van der Waals surface area contributed by atoms with Crippen LogP contribution in [-0.2, 0) is 6.18 Å². The van der Waals surface area contributed by atoms with Crippen molar-refractivity contribution in [1.29, 1.82) is 0 Å². The summed E-state index contributed by atoms with van der Waals surface area (Å²) in [4.78, 5) is 4.40. The van der Waals surface area contributed by atoms with Crippen LogP contribution in [0.2, 0.25) is 0 Å². The van der Waals surface area contributed by atoms with Gasteiger partial charge in [0.1, 0.15) is 5.03 Å². The summed E-state index contributed by atoms with van der Waals surface area (Å²) in [5, 5.41) is 16.5. The van der Waals surface area contributed by atoms with Crippen LogP contribution in [0.15, 0.2) is 29.3 Å². The zero-order chi connectivity index (χ0) is 16.6. The molecule has 0 amide bonds. The van der Waals surface area contributed by atoms with Gasteiger partial charge in [-0.2, -0.15) is 13.2 Å². The zero-order valence-corrected chi connectivity index (χ0v) is 12.9. The molecule has 0 saturated heterocycles. The summed E-state index contributed by atoms with van der Waals surface area (Å²) < 4.78 is 40.6. The molecule has 3 rings (SSSR count). The Morgan fingerprint density at radius 3 is 2.65 bits per heavy atom. The fourth-order valence-electron chi connectivity index (χ4n) is 2.23. The molecule has 0 radical (unpaired) electrons. The van der Waals surface area contributed by atoms with Crippen LogP contribution in [-0.4, -0.2) is 36.5 Å². The van der Waals surface area contributed by atoms with E-state index in [1.54, 1.807) is 24.3 Å². The molecular formula is C14H13F3N4OS. The number of aliphatic hydroxyl groups is 1. The first-order valence-electron chi connectivity index (χ1n) is 6.94. The van der Waals surface area contributed by atoms with Crippen molar-refractivity contribution in [2.45, 2.75) is 29.8 Å². The number of aliphatic hydroxyl groups excluding tert-OH is 1. The minimum absolute atomic E-state index is 0.0490. The van der Waals surface area contributed by atoms with Gasteiger partial charge >= 0.3 is 6.18 Å². The number of nitrogens with zero attached hydrogens (tertiary/aromatic N) is 4. The Morgan fingerprint density at radius 1 is 1.26 bits per heavy atom. The summed E-state index contributed by atoms with van der Waals surface area (Å²) in [6.07, 6.45) is -3.96. The Bertz CT molecular complexity index is 845. The smallest absolute Gasteiger partial charge is 0.395 e. The van der Waals surface area contributed by atoms with E-state index in [-0.39, 0.29) is 17.5 Å². The largest absolute Gasteiger partial charge is 0.452 e. The first-order valence-corrected chi connectivity index (χ1v) is 7.82. The second-order valence-corrected chi connectivity index (χ2v) is 6.21. The predicted octanol–water partition coefficient (Wildman–Crippen LogP) is 3.16. The first kappa shape index (κ1) is 16.0. The molecule has 1 aromatic carbocycles. The van der Waals surface area contributed by atoms with Gasteiger partial charge in [0.2, 0.25) is 5.82 Å². The Balaban J connectivity index is 2.30. The van der Waals surface area contributed by atoms with Gasteiger partial charge in [0.05, 0.1) is 17.6 Å². The molecule has 1 N–H and O–H groups in total. The van der Waals surface area contributed by atoms with Gasteiger partial charge in [-0.15, -0.1) is 10.2 Å². The lowest BCUT2D eigenvalue weighted by molar-refractivity contribution is -0.145. The molecule has 0 bridgehead atoms. The number of fused-ring (bicyclic) bond motifs is 3. The van der Waals surface area contributed by atoms with E-state index in [9.17, 15) is 18.3 Å². The molecule has 23 heavy (non-hydrogen) atoms. The van der Waals surface area contributed by atoms with Crippen molar-refractivity contribution in [2.75, 3.05) is 6.61 Å². The van der Waals surface area contributed by atoms with E-state index in [0.29, 0.717) is 22.5 Å². The number of hydrogen-bond acceptors (Lipinski definition) is 5. The lowest BCUT2D eigenvalue weighted by Gasteiger charge is -2.13. The monoisotopic (exact) mass is 342 g/mol. The molecule has 1 atom stereocenters. The standard InChI is InChI=1S/C14H13F3N4OS/c1-2-8(7-22)23-12-11-19-20-13(14(15,16)17)21(11)10-6-4-3-5-9(10)18-12/h3-6,8,22H,2,7H2,1H3. The van der Waals surface area contributed by atoms with Gasteiger partial charge in [-0.25, -0.2) is 4.98 Å². The molecule has 0 fully saturated rings. The fourth-order valence-corrected chi connectivity index (χ4v) is 3.17. The fraction of sp³-hybridized carbons (Fsp3) is 0.357. The number of thioether (sulfide) groups is 1. The Labute approximate surface area is 133 Å². The van der Waals surface area contributed by atoms with Crippen molar-refractivity contribution in [2.24, 2.45) is 0 Å². The third kappa shape index (κ3) is 2.86. The molecule has 0 aliphatic rings. The van der Waals surface area contributed by atoms with Crippen molar-refractivity contribution in [1.82, 2.24) is 19.6 Å². The summed E-state index contributed by atoms with van der Waals surface area (Å²) in [6, 6.07) is 6.53. The second-order valence-electron chi connectivity index (χ2n) is 4.92. The average Bonchev–Trinajstić information content (AvgIpc) is 2.98. The highest BCUT2D eigenvalue weighted by molar-refractivity contribution is 8.00. The SMILES string of the molecule is CCC(CO)Sc1nc2ccccc2n2c(C(F)(F)F)nnc12. The normalized spacial score (nSPS) is 13.8. The average molecular weight is 342 g/mol. The number of aromatic nitrogens is 4. The van der Waals surface area contributed by atoms with Crippen molar-refractivity contribution in [3.05, 3.63) is 30.1 Å². The van der Waals surface area contributed by atoms with E-state index in [1.165, 1.54) is 11.8 Å². The quantitative estimate of drug-likeness (QED) is 0.738. The maximum atomic E-state index is 13.2. The van der Waals surface area contributed by atoms with Gasteiger partial charge in [-0.05, 0) is 18.6 Å². The number of para-hydroxylation sites is 2. The third-order valence-electron chi connectivity index (χ3n) is 3.39. The van der Waals surface area contributed by atoms with Crippen LogP contribution < -0.4 is 0 Å². The van der Waals surface area contributed by atoms with E-state index < -0.39 is 12.0 Å². The van der Waals surface area contributed by atoms with Crippen LogP contribution in [0.3, 0.4) is 0 Å². The van der Waals surface area contributed by atoms with Gasteiger partial charge in [0, 0.05) is 5.25 Å². The highest BCUT2D eigenvalue weighted by Crippen LogP contribution is 2.34. The summed E-state index contributed by atoms with van der Waals surface area (Å²) in [7, 11) is 0. The molecule has 9 heteroatoms. The molecule has 1 unspecified atom stereocenters. The number of rotatable bonds is 4. The lowest BCUT2D eigenvalue weighted by Crippen LogP contribution is -2.12. The lowest BCUT2D eigenvalue weighted by atomic mass is 10.3. The van der Waals surface area contributed by atoms with Crippen molar-refractivity contribution < 1.29 is 18.3 Å². The molecule has 0 spiro atoms. The molecule has 0 aliphatic heterocycles. The van der Waals surface area contributed by atoms with Crippen molar-refractivity contribution >= 4 is 28.4 Å². The number of benzene rings is 1. The van der Waals surface area contributed by atoms with Crippen LogP contribution in [0.25, 0.3) is 16.7 Å². The summed E-state index contributed by atoms with van der Waals surface area (Å²) in [6.45, 7) is 1.79. The maximum Gasteiger partial charge on any atom is 0.452 e. The summed E-state index contributed by atoms with van der Waals surface area (Å²) in [5.74, 6) is -1.08. The molecule has 3 aromatic rings.